The van der Waals surface area contributed by atoms with Gasteiger partial charge in [-0.1, -0.05) is 69.2 Å². The first kappa shape index (κ1) is 32.7. The highest BCUT2D eigenvalue weighted by molar-refractivity contribution is 7.10. The van der Waals surface area contributed by atoms with Gasteiger partial charge in [0.05, 0.1) is 32.4 Å². The number of aromatic nitrogens is 1. The van der Waals surface area contributed by atoms with Crippen LogP contribution in [0.3, 0.4) is 0 Å². The van der Waals surface area contributed by atoms with Crippen LogP contribution in [-0.4, -0.2) is 42.2 Å². The van der Waals surface area contributed by atoms with E-state index in [-0.39, 0.29) is 25.5 Å². The van der Waals surface area contributed by atoms with Crippen LogP contribution in [0.1, 0.15) is 61.6 Å². The average molecular weight is 616 g/mol. The zero-order valence-electron chi connectivity index (χ0n) is 25.6. The zero-order valence-corrected chi connectivity index (χ0v) is 26.4. The number of aliphatic carboxylic acids is 1. The van der Waals surface area contributed by atoms with Gasteiger partial charge in [0.1, 0.15) is 11.6 Å². The first-order valence-electron chi connectivity index (χ1n) is 15.0. The van der Waals surface area contributed by atoms with E-state index in [0.29, 0.717) is 29.7 Å². The zero-order chi connectivity index (χ0) is 31.3. The minimum Gasteiger partial charge on any atom is -0.493 e. The van der Waals surface area contributed by atoms with Gasteiger partial charge < -0.3 is 19.5 Å². The molecule has 1 amide bonds. The van der Waals surface area contributed by atoms with Gasteiger partial charge in [-0.15, -0.1) is 11.3 Å². The number of ether oxygens (including phenoxy) is 2. The number of nitrogens with one attached hydrogen (secondary N) is 1. The van der Waals surface area contributed by atoms with Crippen molar-refractivity contribution < 1.29 is 24.2 Å². The molecule has 8 nitrogen and oxygen atoms in total. The van der Waals surface area contributed by atoms with Crippen LogP contribution in [0.2, 0.25) is 0 Å². The largest absolute Gasteiger partial charge is 0.493 e. The molecule has 2 N–H and O–H groups in total. The van der Waals surface area contributed by atoms with E-state index in [4.69, 9.17) is 19.6 Å². The average Bonchev–Trinajstić information content (AvgIpc) is 3.51. The smallest absolute Gasteiger partial charge is 0.317 e. The Kier molecular flexibility index (Phi) is 12.3. The Morgan fingerprint density at radius 1 is 0.955 bits per heavy atom. The molecule has 1 aromatic heterocycles. The molecule has 0 saturated heterocycles. The molecule has 44 heavy (non-hydrogen) atoms. The standard InChI is InChI=1S/C35H41N3O5S/c1-4-9-26(10-5-2)27-15-13-25(14-16-27)23-43-31-18-17-28(19-32(31)42-3)30-24-44-33(37-30)22-38(29-11-7-6-8-12-29)34(39)20-36-21-35(40)41/h6-8,11-19,24,26,36H,4-5,9-10,20-23H2,1-3H3,(H,40,41). The summed E-state index contributed by atoms with van der Waals surface area (Å²) in [5.41, 5.74) is 4.86. The van der Waals surface area contributed by atoms with Gasteiger partial charge in [0.15, 0.2) is 11.5 Å². The van der Waals surface area contributed by atoms with Crippen molar-refractivity contribution in [1.29, 1.82) is 0 Å². The highest BCUT2D eigenvalue weighted by Crippen LogP contribution is 2.34. The summed E-state index contributed by atoms with van der Waals surface area (Å²) in [4.78, 5) is 30.3. The Morgan fingerprint density at radius 3 is 2.34 bits per heavy atom. The monoisotopic (exact) mass is 615 g/mol. The third-order valence-electron chi connectivity index (χ3n) is 7.35. The van der Waals surface area contributed by atoms with Crippen LogP contribution in [0, 0.1) is 0 Å². The Hall–Kier alpha value is -4.21. The summed E-state index contributed by atoms with van der Waals surface area (Å²) in [5, 5.41) is 14.3. The number of methoxy groups -OCH3 is 1. The van der Waals surface area contributed by atoms with Crippen molar-refractivity contribution in [2.24, 2.45) is 0 Å². The number of carbonyl (C=O) groups is 2. The maximum Gasteiger partial charge on any atom is 0.317 e. The number of amides is 1. The Labute approximate surface area is 263 Å². The number of hydrogen-bond acceptors (Lipinski definition) is 7. The van der Waals surface area contributed by atoms with Gasteiger partial charge in [-0.25, -0.2) is 4.98 Å². The van der Waals surface area contributed by atoms with Gasteiger partial charge in [-0.05, 0) is 60.2 Å². The van der Waals surface area contributed by atoms with E-state index in [2.05, 4.69) is 43.4 Å². The molecule has 0 aliphatic carbocycles. The summed E-state index contributed by atoms with van der Waals surface area (Å²) in [5.74, 6) is 0.623. The molecule has 0 spiro atoms. The Bertz CT molecular complexity index is 1480. The molecule has 0 radical (unpaired) electrons. The van der Waals surface area contributed by atoms with Crippen molar-refractivity contribution in [1.82, 2.24) is 10.3 Å². The number of para-hydroxylation sites is 1. The molecule has 0 aliphatic rings. The maximum absolute atomic E-state index is 13.0. The molecule has 3 aromatic carbocycles. The molecule has 0 saturated carbocycles. The number of anilines is 1. The fourth-order valence-corrected chi connectivity index (χ4v) is 5.91. The number of benzene rings is 3. The van der Waals surface area contributed by atoms with Gasteiger partial charge in [0, 0.05) is 16.6 Å². The lowest BCUT2D eigenvalue weighted by atomic mass is 9.90. The number of hydrogen-bond donors (Lipinski definition) is 2. The second-order valence-corrected chi connectivity index (χ2v) is 11.6. The van der Waals surface area contributed by atoms with Gasteiger partial charge in [-0.2, -0.15) is 0 Å². The predicted molar refractivity (Wildman–Crippen MR) is 176 cm³/mol. The van der Waals surface area contributed by atoms with E-state index in [1.54, 1.807) is 12.0 Å². The molecular weight excluding hydrogens is 574 g/mol. The normalized spacial score (nSPS) is 11.0. The molecule has 0 aliphatic heterocycles. The number of carbonyl (C=O) groups excluding carboxylic acids is 1. The minimum absolute atomic E-state index is 0.0968. The van der Waals surface area contributed by atoms with Crippen molar-refractivity contribution in [3.05, 3.63) is 94.3 Å². The molecule has 0 unspecified atom stereocenters. The van der Waals surface area contributed by atoms with Crippen molar-refractivity contribution in [2.45, 2.75) is 58.6 Å². The van der Waals surface area contributed by atoms with E-state index in [0.717, 1.165) is 21.8 Å². The quantitative estimate of drug-likeness (QED) is 0.129. The van der Waals surface area contributed by atoms with Crippen molar-refractivity contribution in [2.75, 3.05) is 25.1 Å². The van der Waals surface area contributed by atoms with Crippen molar-refractivity contribution in [3.8, 4) is 22.8 Å². The fourth-order valence-electron chi connectivity index (χ4n) is 5.12. The van der Waals surface area contributed by atoms with Crippen LogP contribution in [0.25, 0.3) is 11.3 Å². The van der Waals surface area contributed by atoms with Crippen LogP contribution < -0.4 is 19.7 Å². The number of thiazole rings is 1. The topological polar surface area (TPSA) is 101 Å². The number of nitrogens with zero attached hydrogens (tertiary/aromatic N) is 2. The van der Waals surface area contributed by atoms with Crippen LogP contribution in [0.15, 0.2) is 78.2 Å². The lowest BCUT2D eigenvalue weighted by Crippen LogP contribution is -2.39. The summed E-state index contributed by atoms with van der Waals surface area (Å²) in [6.07, 6.45) is 4.80. The van der Waals surface area contributed by atoms with Gasteiger partial charge >= 0.3 is 5.97 Å². The molecule has 0 bridgehead atoms. The summed E-state index contributed by atoms with van der Waals surface area (Å²) in [6, 6.07) is 23.8. The summed E-state index contributed by atoms with van der Waals surface area (Å²) < 4.78 is 11.8. The lowest BCUT2D eigenvalue weighted by Gasteiger charge is -2.22. The second-order valence-electron chi connectivity index (χ2n) is 10.6. The molecule has 1 heterocycles. The number of carboxylic acid groups (broad SMARTS) is 1. The number of carboxylic acids is 1. The van der Waals surface area contributed by atoms with Gasteiger partial charge in [0.25, 0.3) is 0 Å². The highest BCUT2D eigenvalue weighted by atomic mass is 32.1. The molecule has 9 heteroatoms. The first-order chi connectivity index (χ1) is 21.4. The van der Waals surface area contributed by atoms with E-state index >= 15 is 0 Å². The van der Waals surface area contributed by atoms with Crippen LogP contribution in [0.4, 0.5) is 5.69 Å². The molecule has 4 aromatic rings. The lowest BCUT2D eigenvalue weighted by molar-refractivity contribution is -0.136. The second kappa shape index (κ2) is 16.6. The summed E-state index contributed by atoms with van der Waals surface area (Å²) in [6.45, 7) is 4.80. The molecule has 232 valence electrons. The van der Waals surface area contributed by atoms with Crippen molar-refractivity contribution in [3.63, 3.8) is 0 Å². The summed E-state index contributed by atoms with van der Waals surface area (Å²) >= 11 is 1.46. The van der Waals surface area contributed by atoms with Gasteiger partial charge in [-0.3, -0.25) is 14.9 Å². The maximum atomic E-state index is 13.0. The summed E-state index contributed by atoms with van der Waals surface area (Å²) in [7, 11) is 1.62. The van der Waals surface area contributed by atoms with E-state index in [1.165, 1.54) is 42.6 Å². The van der Waals surface area contributed by atoms with Crippen LogP contribution in [-0.2, 0) is 22.7 Å². The van der Waals surface area contributed by atoms with E-state index in [9.17, 15) is 9.59 Å². The SMILES string of the molecule is CCCC(CCC)c1ccc(COc2ccc(-c3csc(CN(C(=O)CNCC(=O)O)c4ccccc4)n3)cc2OC)cc1. The Balaban J connectivity index is 1.43. The van der Waals surface area contributed by atoms with Gasteiger partial charge in [0.2, 0.25) is 5.91 Å². The minimum atomic E-state index is -1.02. The highest BCUT2D eigenvalue weighted by Gasteiger charge is 2.19. The molecule has 4 rings (SSSR count). The van der Waals surface area contributed by atoms with Crippen LogP contribution >= 0.6 is 11.3 Å². The third-order valence-corrected chi connectivity index (χ3v) is 8.18. The predicted octanol–water partition coefficient (Wildman–Crippen LogP) is 7.29. The van der Waals surface area contributed by atoms with E-state index in [1.807, 2.05) is 53.9 Å². The number of rotatable bonds is 17. The van der Waals surface area contributed by atoms with Crippen LogP contribution in [0.5, 0.6) is 11.5 Å². The first-order valence-corrected chi connectivity index (χ1v) is 15.9. The fraction of sp³-hybridized carbons (Fsp3) is 0.343. The van der Waals surface area contributed by atoms with Crippen molar-refractivity contribution >= 4 is 28.9 Å². The Morgan fingerprint density at radius 2 is 1.68 bits per heavy atom. The molecule has 0 fully saturated rings. The third kappa shape index (κ3) is 9.14. The van der Waals surface area contributed by atoms with E-state index < -0.39 is 5.97 Å². The molecular formula is C35H41N3O5S. The molecule has 0 atom stereocenters.